The molecule has 6 heteroatoms. The van der Waals surface area contributed by atoms with Crippen molar-refractivity contribution in [3.63, 3.8) is 0 Å². The van der Waals surface area contributed by atoms with Gasteiger partial charge in [-0.2, -0.15) is 0 Å². The Bertz CT molecular complexity index is 1220. The van der Waals surface area contributed by atoms with Gasteiger partial charge < -0.3 is 20.3 Å². The Hall–Kier alpha value is -1.66. The zero-order valence-corrected chi connectivity index (χ0v) is 52.9. The van der Waals surface area contributed by atoms with Crippen molar-refractivity contribution in [3.05, 3.63) is 24.3 Å². The maximum absolute atomic E-state index is 12.5. The van der Waals surface area contributed by atoms with Crippen LogP contribution in [0.2, 0.25) is 0 Å². The Balaban J connectivity index is 3.36. The fourth-order valence-electron chi connectivity index (χ4n) is 11.3. The Morgan fingerprint density at radius 2 is 0.641 bits per heavy atom. The molecule has 6 nitrogen and oxygen atoms in total. The van der Waals surface area contributed by atoms with Crippen LogP contribution in [0.25, 0.3) is 0 Å². The number of unbranched alkanes of at least 4 members (excludes halogenated alkanes) is 52. The zero-order valence-electron chi connectivity index (χ0n) is 52.9. The lowest BCUT2D eigenvalue weighted by Crippen LogP contribution is -2.45. The first kappa shape index (κ1) is 76.3. The zero-order chi connectivity index (χ0) is 56.4. The van der Waals surface area contributed by atoms with E-state index >= 15 is 0 Å². The third kappa shape index (κ3) is 63.5. The van der Waals surface area contributed by atoms with Crippen molar-refractivity contribution in [3.8, 4) is 0 Å². The number of carbonyl (C=O) groups is 2. The number of allylic oxidation sites excluding steroid dienone is 4. The van der Waals surface area contributed by atoms with Crippen LogP contribution in [0.1, 0.15) is 399 Å². The average Bonchev–Trinajstić information content (AvgIpc) is 3.44. The highest BCUT2D eigenvalue weighted by Gasteiger charge is 2.20. The number of aliphatic hydroxyl groups is 2. The first-order valence-corrected chi connectivity index (χ1v) is 35.6. The van der Waals surface area contributed by atoms with Gasteiger partial charge in [0.05, 0.1) is 25.4 Å². The second-order valence-corrected chi connectivity index (χ2v) is 24.6. The predicted octanol–water partition coefficient (Wildman–Crippen LogP) is 22.9. The number of esters is 1. The van der Waals surface area contributed by atoms with Crippen LogP contribution in [-0.2, 0) is 14.3 Å². The molecule has 0 saturated carbocycles. The van der Waals surface area contributed by atoms with Crippen molar-refractivity contribution in [2.45, 2.75) is 411 Å². The summed E-state index contributed by atoms with van der Waals surface area (Å²) in [6.07, 6.45) is 85.0. The number of rotatable bonds is 67. The van der Waals surface area contributed by atoms with E-state index in [0.717, 1.165) is 51.4 Å². The highest BCUT2D eigenvalue weighted by molar-refractivity contribution is 5.76. The second-order valence-electron chi connectivity index (χ2n) is 24.6. The lowest BCUT2D eigenvalue weighted by molar-refractivity contribution is -0.143. The summed E-state index contributed by atoms with van der Waals surface area (Å²) in [5.74, 6) is -0.0207. The van der Waals surface area contributed by atoms with Crippen LogP contribution >= 0.6 is 0 Å². The number of nitrogens with one attached hydrogen (secondary N) is 1. The third-order valence-corrected chi connectivity index (χ3v) is 16.8. The summed E-state index contributed by atoms with van der Waals surface area (Å²) in [5.41, 5.74) is 0. The molecule has 2 unspecified atom stereocenters. The lowest BCUT2D eigenvalue weighted by atomic mass is 10.0. The molecular weight excluding hydrogens is 959 g/mol. The summed E-state index contributed by atoms with van der Waals surface area (Å²) in [4.78, 5) is 24.6. The summed E-state index contributed by atoms with van der Waals surface area (Å²) in [6.45, 7) is 4.97. The molecule has 0 aromatic rings. The second kappa shape index (κ2) is 67.8. The standard InChI is InChI=1S/C72H139NO5/c1-3-5-7-9-11-13-15-17-19-21-29-32-36-40-44-48-52-56-60-64-70(75)69(68-74)73-71(76)65-61-57-53-49-45-41-37-33-30-27-25-23-24-26-28-31-35-39-43-47-51-55-59-63-67-78-72(77)66-62-58-54-50-46-42-38-34-22-20-18-16-14-12-10-8-6-4-2/h14,16,20,22,69-70,74-75H,3-13,15,17-19,21,23-68H2,1-2H3,(H,73,76)/b16-14-,22-20-. The molecule has 0 rings (SSSR count). The van der Waals surface area contributed by atoms with Crippen LogP contribution in [0, 0.1) is 0 Å². The van der Waals surface area contributed by atoms with Crippen LogP contribution in [-0.4, -0.2) is 47.4 Å². The topological polar surface area (TPSA) is 95.9 Å². The van der Waals surface area contributed by atoms with Crippen LogP contribution in [0.3, 0.4) is 0 Å². The predicted molar refractivity (Wildman–Crippen MR) is 343 cm³/mol. The number of hydrogen-bond donors (Lipinski definition) is 3. The van der Waals surface area contributed by atoms with Gasteiger partial charge in [-0.25, -0.2) is 0 Å². The Labute approximate surface area is 488 Å². The molecule has 0 saturated heterocycles. The minimum Gasteiger partial charge on any atom is -0.466 e. The minimum atomic E-state index is -0.664. The summed E-state index contributed by atoms with van der Waals surface area (Å²) in [5, 5.41) is 23.4. The average molecular weight is 1100 g/mol. The molecule has 2 atom stereocenters. The van der Waals surface area contributed by atoms with E-state index in [2.05, 4.69) is 43.5 Å². The van der Waals surface area contributed by atoms with E-state index in [1.54, 1.807) is 0 Å². The maximum Gasteiger partial charge on any atom is 0.305 e. The molecule has 0 aliphatic rings. The number of aliphatic hydroxyl groups excluding tert-OH is 2. The molecule has 3 N–H and O–H groups in total. The number of ether oxygens (including phenoxy) is 1. The van der Waals surface area contributed by atoms with Crippen molar-refractivity contribution < 1.29 is 24.5 Å². The molecule has 0 aliphatic carbocycles. The van der Waals surface area contributed by atoms with Gasteiger partial charge in [0, 0.05) is 12.8 Å². The van der Waals surface area contributed by atoms with E-state index in [1.807, 2.05) is 0 Å². The number of amides is 1. The van der Waals surface area contributed by atoms with Crippen molar-refractivity contribution in [1.82, 2.24) is 5.32 Å². The largest absolute Gasteiger partial charge is 0.466 e. The molecule has 0 aromatic heterocycles. The van der Waals surface area contributed by atoms with E-state index in [9.17, 15) is 19.8 Å². The Morgan fingerprint density at radius 1 is 0.359 bits per heavy atom. The molecule has 0 aromatic carbocycles. The van der Waals surface area contributed by atoms with E-state index in [1.165, 1.54) is 315 Å². The first-order valence-electron chi connectivity index (χ1n) is 35.6. The van der Waals surface area contributed by atoms with Crippen LogP contribution < -0.4 is 5.32 Å². The smallest absolute Gasteiger partial charge is 0.305 e. The van der Waals surface area contributed by atoms with Gasteiger partial charge in [-0.05, 0) is 57.8 Å². The monoisotopic (exact) mass is 1100 g/mol. The van der Waals surface area contributed by atoms with Crippen molar-refractivity contribution in [1.29, 1.82) is 0 Å². The van der Waals surface area contributed by atoms with Gasteiger partial charge in [-0.15, -0.1) is 0 Å². The van der Waals surface area contributed by atoms with E-state index in [4.69, 9.17) is 4.74 Å². The van der Waals surface area contributed by atoms with Crippen LogP contribution in [0.4, 0.5) is 0 Å². The molecule has 0 fully saturated rings. The van der Waals surface area contributed by atoms with Crippen molar-refractivity contribution >= 4 is 11.9 Å². The minimum absolute atomic E-state index is 0.00906. The molecule has 78 heavy (non-hydrogen) atoms. The molecule has 0 radical (unpaired) electrons. The first-order chi connectivity index (χ1) is 38.5. The van der Waals surface area contributed by atoms with E-state index < -0.39 is 12.1 Å². The van der Waals surface area contributed by atoms with Gasteiger partial charge in [-0.3, -0.25) is 9.59 Å². The summed E-state index contributed by atoms with van der Waals surface area (Å²) in [7, 11) is 0. The van der Waals surface area contributed by atoms with Gasteiger partial charge in [0.2, 0.25) is 5.91 Å². The quantitative estimate of drug-likeness (QED) is 0.0320. The van der Waals surface area contributed by atoms with E-state index in [-0.39, 0.29) is 18.5 Å². The fourth-order valence-corrected chi connectivity index (χ4v) is 11.3. The van der Waals surface area contributed by atoms with Crippen molar-refractivity contribution in [2.75, 3.05) is 13.2 Å². The van der Waals surface area contributed by atoms with Crippen LogP contribution in [0.5, 0.6) is 0 Å². The number of carbonyl (C=O) groups excluding carboxylic acids is 2. The molecule has 0 spiro atoms. The molecule has 1 amide bonds. The molecule has 0 aliphatic heterocycles. The van der Waals surface area contributed by atoms with Crippen molar-refractivity contribution in [2.24, 2.45) is 0 Å². The Kier molecular flexibility index (Phi) is 66.4. The number of hydrogen-bond acceptors (Lipinski definition) is 5. The summed E-state index contributed by atoms with van der Waals surface area (Å²) in [6, 6.07) is -0.541. The highest BCUT2D eigenvalue weighted by atomic mass is 16.5. The van der Waals surface area contributed by atoms with Gasteiger partial charge in [0.1, 0.15) is 0 Å². The maximum atomic E-state index is 12.5. The van der Waals surface area contributed by atoms with Gasteiger partial charge >= 0.3 is 5.97 Å². The summed E-state index contributed by atoms with van der Waals surface area (Å²) < 4.78 is 5.50. The van der Waals surface area contributed by atoms with E-state index in [0.29, 0.717) is 25.9 Å². The van der Waals surface area contributed by atoms with Gasteiger partial charge in [-0.1, -0.05) is 353 Å². The fraction of sp³-hybridized carbons (Fsp3) is 0.917. The van der Waals surface area contributed by atoms with Gasteiger partial charge in [0.15, 0.2) is 0 Å². The SMILES string of the molecule is CCCCCC/C=C\C/C=C\CCCCCCCCCC(=O)OCCCCCCCCCCCCCCCCCCCCCCCCCCC(=O)NC(CO)C(O)CCCCCCCCCCCCCCCCCCCCC. The highest BCUT2D eigenvalue weighted by Crippen LogP contribution is 2.19. The molecule has 0 bridgehead atoms. The molecule has 462 valence electrons. The normalized spacial score (nSPS) is 12.6. The molecular formula is C72H139NO5. The Morgan fingerprint density at radius 3 is 0.987 bits per heavy atom. The van der Waals surface area contributed by atoms with Gasteiger partial charge in [0.25, 0.3) is 0 Å². The lowest BCUT2D eigenvalue weighted by Gasteiger charge is -2.22. The summed E-state index contributed by atoms with van der Waals surface area (Å²) >= 11 is 0. The van der Waals surface area contributed by atoms with Crippen LogP contribution in [0.15, 0.2) is 24.3 Å². The molecule has 0 heterocycles. The third-order valence-electron chi connectivity index (χ3n) is 16.8.